The quantitative estimate of drug-likeness (QED) is 0.664. The normalized spacial score (nSPS) is 19.5. The van der Waals surface area contributed by atoms with Gasteiger partial charge in [-0.05, 0) is 49.9 Å². The summed E-state index contributed by atoms with van der Waals surface area (Å²) in [5.74, 6) is 0.113. The summed E-state index contributed by atoms with van der Waals surface area (Å²) >= 11 is 0. The first-order chi connectivity index (χ1) is 14.3. The predicted molar refractivity (Wildman–Crippen MR) is 107 cm³/mol. The van der Waals surface area contributed by atoms with Gasteiger partial charge in [0.25, 0.3) is 0 Å². The second-order valence-electron chi connectivity index (χ2n) is 8.00. The molecule has 1 aliphatic heterocycles. The molecule has 1 heterocycles. The molecule has 3 rings (SSSR count). The summed E-state index contributed by atoms with van der Waals surface area (Å²) in [7, 11) is 1.72. The van der Waals surface area contributed by atoms with Crippen molar-refractivity contribution in [3.8, 4) is 0 Å². The van der Waals surface area contributed by atoms with E-state index < -0.39 is 17.6 Å². The molecule has 8 heteroatoms. The van der Waals surface area contributed by atoms with Crippen molar-refractivity contribution in [2.24, 2.45) is 5.92 Å². The molecule has 0 bridgehead atoms. The first-order valence-electron chi connectivity index (χ1n) is 10.6. The average Bonchev–Trinajstić information content (AvgIpc) is 2.74. The standard InChI is InChI=1S/C15H28N2O2.C7H4F4/c1-16-14(18)15(8-11-19-12-9-15)17-10-7-13-5-3-2-4-6-13;8-6-3-1-2-5(4-6)7(9,10)11/h13,17H,2-12H2,1H3,(H,16,18);1-4H. The van der Waals surface area contributed by atoms with E-state index in [2.05, 4.69) is 10.6 Å². The first-order valence-corrected chi connectivity index (χ1v) is 10.6. The van der Waals surface area contributed by atoms with Gasteiger partial charge in [0.05, 0.1) is 5.56 Å². The van der Waals surface area contributed by atoms with E-state index in [0.29, 0.717) is 19.3 Å². The molecule has 0 aromatic heterocycles. The Morgan fingerprint density at radius 3 is 2.37 bits per heavy atom. The molecule has 170 valence electrons. The maximum absolute atomic E-state index is 12.2. The van der Waals surface area contributed by atoms with E-state index in [1.807, 2.05) is 0 Å². The number of benzene rings is 1. The second kappa shape index (κ2) is 11.6. The molecule has 30 heavy (non-hydrogen) atoms. The van der Waals surface area contributed by atoms with Gasteiger partial charge in [0.1, 0.15) is 11.4 Å². The third kappa shape index (κ3) is 7.54. The Bertz CT molecular complexity index is 655. The largest absolute Gasteiger partial charge is 0.416 e. The molecular weight excluding hydrogens is 400 g/mol. The van der Waals surface area contributed by atoms with Crippen LogP contribution in [0.4, 0.5) is 17.6 Å². The lowest BCUT2D eigenvalue weighted by atomic mass is 9.85. The first kappa shape index (κ1) is 24.6. The average molecular weight is 433 g/mol. The fourth-order valence-electron chi connectivity index (χ4n) is 4.10. The Kier molecular flexibility index (Phi) is 9.55. The van der Waals surface area contributed by atoms with E-state index in [1.54, 1.807) is 7.05 Å². The summed E-state index contributed by atoms with van der Waals surface area (Å²) in [6.45, 7) is 2.33. The van der Waals surface area contributed by atoms with Gasteiger partial charge in [-0.1, -0.05) is 38.2 Å². The zero-order valence-electron chi connectivity index (χ0n) is 17.5. The molecule has 0 spiro atoms. The summed E-state index contributed by atoms with van der Waals surface area (Å²) in [5, 5.41) is 6.35. The number of alkyl halides is 3. The highest BCUT2D eigenvalue weighted by atomic mass is 19.4. The summed E-state index contributed by atoms with van der Waals surface area (Å²) in [6.07, 6.45) is 5.26. The highest BCUT2D eigenvalue weighted by Gasteiger charge is 2.38. The molecule has 1 saturated heterocycles. The van der Waals surface area contributed by atoms with E-state index in [1.165, 1.54) is 38.5 Å². The Hall–Kier alpha value is -1.67. The van der Waals surface area contributed by atoms with E-state index in [9.17, 15) is 22.4 Å². The molecule has 2 N–H and O–H groups in total. The molecule has 1 saturated carbocycles. The predicted octanol–water partition coefficient (Wildman–Crippen LogP) is 4.69. The Morgan fingerprint density at radius 2 is 1.83 bits per heavy atom. The number of likely N-dealkylation sites (N-methyl/N-ethyl adjacent to an activating group) is 1. The number of hydrogen-bond donors (Lipinski definition) is 2. The zero-order valence-corrected chi connectivity index (χ0v) is 17.5. The molecule has 4 nitrogen and oxygen atoms in total. The van der Waals surface area contributed by atoms with Gasteiger partial charge < -0.3 is 15.4 Å². The topological polar surface area (TPSA) is 50.4 Å². The van der Waals surface area contributed by atoms with Gasteiger partial charge in [0.15, 0.2) is 0 Å². The minimum Gasteiger partial charge on any atom is -0.381 e. The molecule has 2 aliphatic rings. The van der Waals surface area contributed by atoms with Crippen LogP contribution in [-0.2, 0) is 15.7 Å². The Balaban J connectivity index is 0.000000248. The molecule has 0 radical (unpaired) electrons. The third-order valence-electron chi connectivity index (χ3n) is 5.90. The van der Waals surface area contributed by atoms with Gasteiger partial charge in [-0.2, -0.15) is 13.2 Å². The second-order valence-corrected chi connectivity index (χ2v) is 8.00. The van der Waals surface area contributed by atoms with Crippen molar-refractivity contribution < 1.29 is 27.1 Å². The molecule has 2 fully saturated rings. The van der Waals surface area contributed by atoms with Crippen molar-refractivity contribution >= 4 is 5.91 Å². The summed E-state index contributed by atoms with van der Waals surface area (Å²) < 4.78 is 53.0. The van der Waals surface area contributed by atoms with Crippen LogP contribution < -0.4 is 10.6 Å². The lowest BCUT2D eigenvalue weighted by Gasteiger charge is -2.37. The lowest BCUT2D eigenvalue weighted by molar-refractivity contribution is -0.137. The number of halogens is 4. The van der Waals surface area contributed by atoms with Crippen LogP contribution in [0.5, 0.6) is 0 Å². The maximum atomic E-state index is 12.2. The lowest BCUT2D eigenvalue weighted by Crippen LogP contribution is -2.59. The van der Waals surface area contributed by atoms with Gasteiger partial charge in [-0.3, -0.25) is 4.79 Å². The van der Waals surface area contributed by atoms with E-state index in [0.717, 1.165) is 43.5 Å². The molecule has 1 amide bonds. The monoisotopic (exact) mass is 432 g/mol. The van der Waals surface area contributed by atoms with Crippen molar-refractivity contribution in [1.29, 1.82) is 0 Å². The Morgan fingerprint density at radius 1 is 1.17 bits per heavy atom. The van der Waals surface area contributed by atoms with Gasteiger partial charge in [0, 0.05) is 20.3 Å². The van der Waals surface area contributed by atoms with Gasteiger partial charge in [0.2, 0.25) is 5.91 Å². The van der Waals surface area contributed by atoms with Crippen LogP contribution in [0.3, 0.4) is 0 Å². The van der Waals surface area contributed by atoms with Crippen molar-refractivity contribution in [2.75, 3.05) is 26.8 Å². The number of hydrogen-bond acceptors (Lipinski definition) is 3. The van der Waals surface area contributed by atoms with Crippen molar-refractivity contribution in [2.45, 2.75) is 63.1 Å². The van der Waals surface area contributed by atoms with Gasteiger partial charge >= 0.3 is 6.18 Å². The molecular formula is C22H32F4N2O2. The molecule has 1 aliphatic carbocycles. The van der Waals surface area contributed by atoms with Crippen LogP contribution in [-0.4, -0.2) is 38.3 Å². The molecule has 1 aromatic rings. The van der Waals surface area contributed by atoms with E-state index in [-0.39, 0.29) is 11.4 Å². The fourth-order valence-corrected chi connectivity index (χ4v) is 4.10. The smallest absolute Gasteiger partial charge is 0.381 e. The van der Waals surface area contributed by atoms with Crippen LogP contribution in [0, 0.1) is 11.7 Å². The molecule has 1 aromatic carbocycles. The van der Waals surface area contributed by atoms with Crippen LogP contribution >= 0.6 is 0 Å². The van der Waals surface area contributed by atoms with E-state index in [4.69, 9.17) is 4.74 Å². The minimum absolute atomic E-state index is 0.124. The van der Waals surface area contributed by atoms with Crippen LogP contribution in [0.1, 0.15) is 56.9 Å². The number of ether oxygens (including phenoxy) is 1. The van der Waals surface area contributed by atoms with Crippen LogP contribution in [0.25, 0.3) is 0 Å². The number of carbonyl (C=O) groups excluding carboxylic acids is 1. The number of rotatable bonds is 5. The van der Waals surface area contributed by atoms with Crippen LogP contribution in [0.15, 0.2) is 24.3 Å². The summed E-state index contributed by atoms with van der Waals surface area (Å²) in [6, 6.07) is 3.27. The van der Waals surface area contributed by atoms with E-state index >= 15 is 0 Å². The van der Waals surface area contributed by atoms with Gasteiger partial charge in [-0.25, -0.2) is 4.39 Å². The van der Waals surface area contributed by atoms with Crippen molar-refractivity contribution in [3.63, 3.8) is 0 Å². The zero-order chi connectivity index (χ0) is 22.0. The van der Waals surface area contributed by atoms with Gasteiger partial charge in [-0.15, -0.1) is 0 Å². The van der Waals surface area contributed by atoms with Crippen LogP contribution in [0.2, 0.25) is 0 Å². The third-order valence-corrected chi connectivity index (χ3v) is 5.90. The van der Waals surface area contributed by atoms with Crippen molar-refractivity contribution in [3.05, 3.63) is 35.6 Å². The SMILES string of the molecule is CNC(=O)C1(NCCC2CCCCC2)CCOCC1.Fc1cccc(C(F)(F)F)c1. The number of amides is 1. The molecule has 0 unspecified atom stereocenters. The minimum atomic E-state index is -4.46. The molecule has 0 atom stereocenters. The Labute approximate surface area is 175 Å². The highest BCUT2D eigenvalue weighted by molar-refractivity contribution is 5.86. The highest BCUT2D eigenvalue weighted by Crippen LogP contribution is 2.29. The number of nitrogens with one attached hydrogen (secondary N) is 2. The number of carbonyl (C=O) groups is 1. The summed E-state index contributed by atoms with van der Waals surface area (Å²) in [5.41, 5.74) is -1.35. The van der Waals surface area contributed by atoms with Crippen molar-refractivity contribution in [1.82, 2.24) is 10.6 Å². The summed E-state index contributed by atoms with van der Waals surface area (Å²) in [4.78, 5) is 12.1. The maximum Gasteiger partial charge on any atom is 0.416 e. The fraction of sp³-hybridized carbons (Fsp3) is 0.682.